The molecule has 1 aliphatic rings. The molecule has 1 aromatic rings. The van der Waals surface area contributed by atoms with Gasteiger partial charge in [0.2, 0.25) is 5.91 Å². The molecule has 2 amide bonds. The quantitative estimate of drug-likeness (QED) is 0.722. The minimum atomic E-state index is -0.431. The van der Waals surface area contributed by atoms with Crippen molar-refractivity contribution in [3.8, 4) is 0 Å². The van der Waals surface area contributed by atoms with Crippen LogP contribution in [0.2, 0.25) is 0 Å². The number of rotatable bonds is 6. The molecular formula is C17H26ClN3O3. The van der Waals surface area contributed by atoms with Gasteiger partial charge in [0.1, 0.15) is 6.10 Å². The molecule has 1 aromatic carbocycles. The van der Waals surface area contributed by atoms with E-state index >= 15 is 0 Å². The van der Waals surface area contributed by atoms with Crippen LogP contribution < -0.4 is 16.4 Å². The van der Waals surface area contributed by atoms with Crippen LogP contribution in [0.5, 0.6) is 0 Å². The highest BCUT2D eigenvalue weighted by Gasteiger charge is 2.29. The lowest BCUT2D eigenvalue weighted by molar-refractivity contribution is -0.126. The average Bonchev–Trinajstić information content (AvgIpc) is 2.97. The number of amides is 2. The number of carbonyl (C=O) groups excluding carboxylic acids is 2. The van der Waals surface area contributed by atoms with Gasteiger partial charge in [-0.25, -0.2) is 0 Å². The van der Waals surface area contributed by atoms with Gasteiger partial charge in [-0.1, -0.05) is 12.1 Å². The summed E-state index contributed by atoms with van der Waals surface area (Å²) in [5.74, 6) is -0.157. The smallest absolute Gasteiger partial charge is 0.253 e. The Morgan fingerprint density at radius 3 is 2.46 bits per heavy atom. The van der Waals surface area contributed by atoms with Crippen molar-refractivity contribution in [3.63, 3.8) is 0 Å². The van der Waals surface area contributed by atoms with E-state index in [1.165, 1.54) is 0 Å². The maximum atomic E-state index is 12.1. The first-order valence-electron chi connectivity index (χ1n) is 8.02. The largest absolute Gasteiger partial charge is 0.364 e. The highest BCUT2D eigenvalue weighted by Crippen LogP contribution is 2.20. The number of anilines is 1. The molecule has 0 spiro atoms. The SMILES string of the molecule is CC(C)NC(=O)Cc1ccc(NC(=O)[C@@H]2CC[C@H](CN)O2)cc1.Cl. The van der Waals surface area contributed by atoms with Crippen molar-refractivity contribution in [1.82, 2.24) is 5.32 Å². The Morgan fingerprint density at radius 1 is 1.25 bits per heavy atom. The Balaban J connectivity index is 0.00000288. The molecule has 1 fully saturated rings. The van der Waals surface area contributed by atoms with Crippen LogP contribution in [0, 0.1) is 0 Å². The van der Waals surface area contributed by atoms with Crippen LogP contribution in [0.25, 0.3) is 0 Å². The fourth-order valence-electron chi connectivity index (χ4n) is 2.56. The number of benzene rings is 1. The zero-order valence-corrected chi connectivity index (χ0v) is 14.9. The number of hydrogen-bond donors (Lipinski definition) is 3. The molecule has 1 aliphatic heterocycles. The van der Waals surface area contributed by atoms with Crippen LogP contribution in [0.4, 0.5) is 5.69 Å². The molecule has 0 unspecified atom stereocenters. The second kappa shape index (κ2) is 9.61. The van der Waals surface area contributed by atoms with Crippen LogP contribution in [0.3, 0.4) is 0 Å². The number of nitrogens with two attached hydrogens (primary N) is 1. The van der Waals surface area contributed by atoms with Crippen LogP contribution >= 0.6 is 12.4 Å². The van der Waals surface area contributed by atoms with Crippen molar-refractivity contribution in [3.05, 3.63) is 29.8 Å². The van der Waals surface area contributed by atoms with E-state index < -0.39 is 6.10 Å². The van der Waals surface area contributed by atoms with Gasteiger partial charge in [0.15, 0.2) is 0 Å². The Hall–Kier alpha value is -1.63. The molecule has 2 rings (SSSR count). The van der Waals surface area contributed by atoms with Gasteiger partial charge in [0.05, 0.1) is 12.5 Å². The Morgan fingerprint density at radius 2 is 1.92 bits per heavy atom. The van der Waals surface area contributed by atoms with E-state index in [-0.39, 0.29) is 36.4 Å². The normalized spacial score (nSPS) is 19.7. The van der Waals surface area contributed by atoms with Crippen LogP contribution in [-0.4, -0.2) is 36.6 Å². The van der Waals surface area contributed by atoms with Crippen LogP contribution in [0.15, 0.2) is 24.3 Å². The van der Waals surface area contributed by atoms with Gasteiger partial charge in [-0.2, -0.15) is 0 Å². The van der Waals surface area contributed by atoms with Gasteiger partial charge in [0.25, 0.3) is 5.91 Å². The zero-order chi connectivity index (χ0) is 16.8. The maximum absolute atomic E-state index is 12.1. The Kier molecular flexibility index (Phi) is 8.18. The molecule has 2 atom stereocenters. The second-order valence-corrected chi connectivity index (χ2v) is 6.14. The first kappa shape index (κ1) is 20.4. The molecule has 1 heterocycles. The fraction of sp³-hybridized carbons (Fsp3) is 0.529. The third kappa shape index (κ3) is 6.11. The summed E-state index contributed by atoms with van der Waals surface area (Å²) in [6, 6.07) is 7.41. The van der Waals surface area contributed by atoms with Crippen molar-refractivity contribution < 1.29 is 14.3 Å². The molecule has 1 saturated heterocycles. The highest BCUT2D eigenvalue weighted by molar-refractivity contribution is 5.94. The molecule has 0 aromatic heterocycles. The minimum absolute atomic E-state index is 0. The molecule has 134 valence electrons. The third-order valence-corrected chi connectivity index (χ3v) is 3.70. The first-order chi connectivity index (χ1) is 11.0. The van der Waals surface area contributed by atoms with Crippen LogP contribution in [-0.2, 0) is 20.7 Å². The molecule has 6 nitrogen and oxygen atoms in total. The molecular weight excluding hydrogens is 330 g/mol. The molecule has 7 heteroatoms. The van der Waals surface area contributed by atoms with Gasteiger partial charge in [-0.15, -0.1) is 12.4 Å². The summed E-state index contributed by atoms with van der Waals surface area (Å²) in [5.41, 5.74) is 7.15. The van der Waals surface area contributed by atoms with Gasteiger partial charge < -0.3 is 21.1 Å². The van der Waals surface area contributed by atoms with E-state index in [0.717, 1.165) is 12.0 Å². The summed E-state index contributed by atoms with van der Waals surface area (Å²) >= 11 is 0. The lowest BCUT2D eigenvalue weighted by Gasteiger charge is -2.13. The van der Waals surface area contributed by atoms with Crippen molar-refractivity contribution in [2.75, 3.05) is 11.9 Å². The van der Waals surface area contributed by atoms with Crippen molar-refractivity contribution >= 4 is 29.9 Å². The van der Waals surface area contributed by atoms with E-state index in [0.29, 0.717) is 25.1 Å². The molecule has 0 aliphatic carbocycles. The van der Waals surface area contributed by atoms with Crippen molar-refractivity contribution in [2.45, 2.75) is 51.4 Å². The van der Waals surface area contributed by atoms with E-state index in [2.05, 4.69) is 10.6 Å². The van der Waals surface area contributed by atoms with Crippen molar-refractivity contribution in [1.29, 1.82) is 0 Å². The maximum Gasteiger partial charge on any atom is 0.253 e. The fourth-order valence-corrected chi connectivity index (χ4v) is 2.56. The summed E-state index contributed by atoms with van der Waals surface area (Å²) in [7, 11) is 0. The molecule has 0 saturated carbocycles. The van der Waals surface area contributed by atoms with E-state index in [1.54, 1.807) is 12.1 Å². The summed E-state index contributed by atoms with van der Waals surface area (Å²) in [4.78, 5) is 23.8. The zero-order valence-electron chi connectivity index (χ0n) is 14.1. The van der Waals surface area contributed by atoms with Gasteiger partial charge in [0, 0.05) is 18.3 Å². The average molecular weight is 356 g/mol. The molecule has 0 bridgehead atoms. The monoisotopic (exact) mass is 355 g/mol. The summed E-state index contributed by atoms with van der Waals surface area (Å²) in [6.45, 7) is 4.30. The number of carbonyl (C=O) groups is 2. The predicted molar refractivity (Wildman–Crippen MR) is 96.3 cm³/mol. The lowest BCUT2D eigenvalue weighted by Crippen LogP contribution is -2.31. The topological polar surface area (TPSA) is 93.5 Å². The van der Waals surface area contributed by atoms with E-state index in [1.807, 2.05) is 26.0 Å². The second-order valence-electron chi connectivity index (χ2n) is 6.14. The number of hydrogen-bond acceptors (Lipinski definition) is 4. The molecule has 0 radical (unpaired) electrons. The van der Waals surface area contributed by atoms with E-state index in [4.69, 9.17) is 10.5 Å². The Labute approximate surface area is 148 Å². The lowest BCUT2D eigenvalue weighted by atomic mass is 10.1. The minimum Gasteiger partial charge on any atom is -0.364 e. The third-order valence-electron chi connectivity index (χ3n) is 3.70. The number of ether oxygens (including phenoxy) is 1. The summed E-state index contributed by atoms with van der Waals surface area (Å²) in [5, 5.41) is 5.69. The standard InChI is InChI=1S/C17H25N3O3.ClH/c1-11(2)19-16(21)9-12-3-5-13(6-4-12)20-17(22)15-8-7-14(10-18)23-15;/h3-6,11,14-15H,7-10,18H2,1-2H3,(H,19,21)(H,20,22);1H/t14-,15+;/m1./s1. The molecule has 24 heavy (non-hydrogen) atoms. The van der Waals surface area contributed by atoms with E-state index in [9.17, 15) is 9.59 Å². The number of nitrogens with one attached hydrogen (secondary N) is 2. The predicted octanol–water partition coefficient (Wildman–Crippen LogP) is 1.62. The van der Waals surface area contributed by atoms with Gasteiger partial charge in [-0.3, -0.25) is 9.59 Å². The highest BCUT2D eigenvalue weighted by atomic mass is 35.5. The van der Waals surface area contributed by atoms with Crippen LogP contribution in [0.1, 0.15) is 32.3 Å². The summed E-state index contributed by atoms with van der Waals surface area (Å²) < 4.78 is 5.57. The summed E-state index contributed by atoms with van der Waals surface area (Å²) in [6.07, 6.45) is 1.39. The number of halogens is 1. The van der Waals surface area contributed by atoms with Crippen molar-refractivity contribution in [2.24, 2.45) is 5.73 Å². The first-order valence-corrected chi connectivity index (χ1v) is 8.02. The molecule has 4 N–H and O–H groups in total. The van der Waals surface area contributed by atoms with Gasteiger partial charge >= 0.3 is 0 Å². The van der Waals surface area contributed by atoms with Gasteiger partial charge in [-0.05, 0) is 44.4 Å². The Bertz CT molecular complexity index is 549.